The van der Waals surface area contributed by atoms with Gasteiger partial charge in [-0.25, -0.2) is 4.79 Å². The Morgan fingerprint density at radius 1 is 1.13 bits per heavy atom. The van der Waals surface area contributed by atoms with Gasteiger partial charge in [0.2, 0.25) is 0 Å². The van der Waals surface area contributed by atoms with E-state index in [-0.39, 0.29) is 5.97 Å². The molecule has 1 N–H and O–H groups in total. The quantitative estimate of drug-likeness (QED) is 0.707. The lowest BCUT2D eigenvalue weighted by Crippen LogP contribution is -2.05. The lowest BCUT2D eigenvalue weighted by Gasteiger charge is -2.13. The van der Waals surface area contributed by atoms with Crippen LogP contribution in [-0.4, -0.2) is 18.1 Å². The number of hydrogen-bond donors (Lipinski definition) is 1. The zero-order valence-electron chi connectivity index (χ0n) is 12.8. The number of aromatic nitrogens is 1. The van der Waals surface area contributed by atoms with Crippen LogP contribution in [0.5, 0.6) is 0 Å². The number of esters is 1. The Bertz CT molecular complexity index is 888. The number of para-hydroxylation sites is 1. The number of fused-ring (bicyclic) bond motifs is 1. The molecule has 5 heteroatoms. The van der Waals surface area contributed by atoms with Crippen molar-refractivity contribution in [2.75, 3.05) is 12.4 Å². The van der Waals surface area contributed by atoms with Crippen LogP contribution in [0.3, 0.4) is 0 Å². The van der Waals surface area contributed by atoms with Crippen molar-refractivity contribution in [1.82, 2.24) is 4.98 Å². The zero-order valence-corrected chi connectivity index (χ0v) is 13.5. The molecule has 0 atom stereocenters. The normalized spacial score (nSPS) is 10.6. The summed E-state index contributed by atoms with van der Waals surface area (Å²) < 4.78 is 4.83. The van der Waals surface area contributed by atoms with Gasteiger partial charge < -0.3 is 10.1 Å². The molecule has 0 saturated carbocycles. The number of aryl methyl sites for hydroxylation is 1. The minimum Gasteiger partial charge on any atom is -0.465 e. The van der Waals surface area contributed by atoms with Crippen LogP contribution in [0.25, 0.3) is 10.9 Å². The van der Waals surface area contributed by atoms with Crippen molar-refractivity contribution >= 4 is 39.8 Å². The van der Waals surface area contributed by atoms with Crippen LogP contribution in [0, 0.1) is 6.92 Å². The molecule has 2 aromatic carbocycles. The Morgan fingerprint density at radius 2 is 1.91 bits per heavy atom. The molecule has 0 bridgehead atoms. The first-order valence-corrected chi connectivity index (χ1v) is 7.47. The van der Waals surface area contributed by atoms with Crippen molar-refractivity contribution in [1.29, 1.82) is 0 Å². The third-order valence-electron chi connectivity index (χ3n) is 3.50. The minimum absolute atomic E-state index is 0.383. The molecule has 0 aliphatic carbocycles. The topological polar surface area (TPSA) is 51.2 Å². The van der Waals surface area contributed by atoms with Crippen LogP contribution < -0.4 is 5.32 Å². The Labute approximate surface area is 139 Å². The number of halogens is 1. The third kappa shape index (κ3) is 3.12. The number of nitrogens with zero attached hydrogens (tertiary/aromatic N) is 1. The van der Waals surface area contributed by atoms with Crippen LogP contribution in [0.15, 0.2) is 48.5 Å². The number of hydrogen-bond acceptors (Lipinski definition) is 4. The number of anilines is 2. The molecular weight excluding hydrogens is 312 g/mol. The van der Waals surface area contributed by atoms with E-state index < -0.39 is 0 Å². The lowest BCUT2D eigenvalue weighted by molar-refractivity contribution is 0.0602. The van der Waals surface area contributed by atoms with Gasteiger partial charge in [0.1, 0.15) is 0 Å². The highest BCUT2D eigenvalue weighted by atomic mass is 35.5. The van der Waals surface area contributed by atoms with E-state index in [4.69, 9.17) is 16.3 Å². The number of nitrogens with one attached hydrogen (secondary N) is 1. The summed E-state index contributed by atoms with van der Waals surface area (Å²) in [6.45, 7) is 1.91. The molecule has 3 aromatic rings. The second kappa shape index (κ2) is 6.26. The number of carbonyl (C=O) groups is 1. The zero-order chi connectivity index (χ0) is 16.4. The minimum atomic E-state index is -0.383. The molecule has 23 heavy (non-hydrogen) atoms. The van der Waals surface area contributed by atoms with Gasteiger partial charge in [-0.05, 0) is 43.3 Å². The van der Waals surface area contributed by atoms with E-state index in [9.17, 15) is 4.79 Å². The third-order valence-corrected chi connectivity index (χ3v) is 3.74. The summed E-state index contributed by atoms with van der Waals surface area (Å²) in [5.74, 6) is -0.383. The van der Waals surface area contributed by atoms with E-state index in [1.54, 1.807) is 12.1 Å². The van der Waals surface area contributed by atoms with Gasteiger partial charge in [-0.3, -0.25) is 4.98 Å². The maximum Gasteiger partial charge on any atom is 0.339 e. The van der Waals surface area contributed by atoms with Crippen LogP contribution >= 0.6 is 11.6 Å². The summed E-state index contributed by atoms with van der Waals surface area (Å²) in [5.41, 5.74) is 3.68. The van der Waals surface area contributed by atoms with Gasteiger partial charge in [-0.1, -0.05) is 23.7 Å². The molecule has 0 aliphatic heterocycles. The van der Waals surface area contributed by atoms with Crippen LogP contribution in [0.4, 0.5) is 11.4 Å². The van der Waals surface area contributed by atoms with Crippen molar-refractivity contribution in [3.8, 4) is 0 Å². The molecule has 0 radical (unpaired) electrons. The van der Waals surface area contributed by atoms with E-state index in [0.717, 1.165) is 22.3 Å². The van der Waals surface area contributed by atoms with E-state index in [0.29, 0.717) is 16.3 Å². The fraction of sp³-hybridized carbons (Fsp3) is 0.111. The number of benzene rings is 2. The lowest BCUT2D eigenvalue weighted by atomic mass is 10.1. The van der Waals surface area contributed by atoms with Gasteiger partial charge in [-0.15, -0.1) is 0 Å². The van der Waals surface area contributed by atoms with Crippen LogP contribution in [-0.2, 0) is 4.74 Å². The molecule has 3 rings (SSSR count). The SMILES string of the molecule is COC(=O)c1ccccc1Nc1cc(C)nc2cc(Cl)ccc12. The molecular formula is C18H15ClN2O2. The molecule has 1 heterocycles. The average molecular weight is 327 g/mol. The Morgan fingerprint density at radius 3 is 2.70 bits per heavy atom. The van der Waals surface area contributed by atoms with Crippen molar-refractivity contribution in [2.45, 2.75) is 6.92 Å². The number of rotatable bonds is 3. The van der Waals surface area contributed by atoms with Gasteiger partial charge in [0.15, 0.2) is 0 Å². The Balaban J connectivity index is 2.11. The van der Waals surface area contributed by atoms with Gasteiger partial charge in [0.25, 0.3) is 0 Å². The molecule has 4 nitrogen and oxygen atoms in total. The van der Waals surface area contributed by atoms with Crippen LogP contribution in [0.2, 0.25) is 5.02 Å². The first-order chi connectivity index (χ1) is 11.1. The number of ether oxygens (including phenoxy) is 1. The van der Waals surface area contributed by atoms with Gasteiger partial charge >= 0.3 is 5.97 Å². The fourth-order valence-electron chi connectivity index (χ4n) is 2.46. The molecule has 0 amide bonds. The standard InChI is InChI=1S/C18H15ClN2O2/c1-11-9-16(13-8-7-12(19)10-17(13)20-11)21-15-6-4-3-5-14(15)18(22)23-2/h3-10H,1-2H3,(H,20,21). The number of methoxy groups -OCH3 is 1. The van der Waals surface area contributed by atoms with Crippen LogP contribution in [0.1, 0.15) is 16.1 Å². The Kier molecular flexibility index (Phi) is 4.17. The van der Waals surface area contributed by atoms with Crippen molar-refractivity contribution in [3.63, 3.8) is 0 Å². The van der Waals surface area contributed by atoms with E-state index in [2.05, 4.69) is 10.3 Å². The van der Waals surface area contributed by atoms with Gasteiger partial charge in [-0.2, -0.15) is 0 Å². The van der Waals surface area contributed by atoms with Crippen molar-refractivity contribution in [3.05, 3.63) is 64.8 Å². The fourth-order valence-corrected chi connectivity index (χ4v) is 2.63. The summed E-state index contributed by atoms with van der Waals surface area (Å²) >= 11 is 6.05. The summed E-state index contributed by atoms with van der Waals surface area (Å²) in [6.07, 6.45) is 0. The average Bonchev–Trinajstić information content (AvgIpc) is 2.54. The highest BCUT2D eigenvalue weighted by Gasteiger charge is 2.12. The van der Waals surface area contributed by atoms with E-state index in [1.165, 1.54) is 7.11 Å². The molecule has 1 aromatic heterocycles. The maximum atomic E-state index is 11.9. The maximum absolute atomic E-state index is 11.9. The second-order valence-electron chi connectivity index (χ2n) is 5.13. The van der Waals surface area contributed by atoms with Crippen molar-refractivity contribution in [2.24, 2.45) is 0 Å². The monoisotopic (exact) mass is 326 g/mol. The molecule has 0 spiro atoms. The predicted octanol–water partition coefficient (Wildman–Crippen LogP) is 4.73. The first kappa shape index (κ1) is 15.3. The van der Waals surface area contributed by atoms with Gasteiger partial charge in [0.05, 0.1) is 23.9 Å². The van der Waals surface area contributed by atoms with E-state index in [1.807, 2.05) is 43.3 Å². The number of pyridine rings is 1. The largest absolute Gasteiger partial charge is 0.465 e. The molecule has 0 aliphatic rings. The summed E-state index contributed by atoms with van der Waals surface area (Å²) in [5, 5.41) is 4.87. The van der Waals surface area contributed by atoms with Crippen molar-refractivity contribution < 1.29 is 9.53 Å². The first-order valence-electron chi connectivity index (χ1n) is 7.10. The predicted molar refractivity (Wildman–Crippen MR) is 92.6 cm³/mol. The summed E-state index contributed by atoms with van der Waals surface area (Å²) in [7, 11) is 1.37. The Hall–Kier alpha value is -2.59. The number of carbonyl (C=O) groups excluding carboxylic acids is 1. The van der Waals surface area contributed by atoms with Gasteiger partial charge in [0, 0.05) is 21.8 Å². The highest BCUT2D eigenvalue weighted by molar-refractivity contribution is 6.31. The molecule has 0 fully saturated rings. The molecule has 0 saturated heterocycles. The summed E-state index contributed by atoms with van der Waals surface area (Å²) in [6, 6.07) is 14.7. The summed E-state index contributed by atoms with van der Waals surface area (Å²) in [4.78, 5) is 16.4. The molecule has 116 valence electrons. The molecule has 0 unspecified atom stereocenters. The smallest absolute Gasteiger partial charge is 0.339 e. The van der Waals surface area contributed by atoms with E-state index >= 15 is 0 Å². The second-order valence-corrected chi connectivity index (χ2v) is 5.57. The highest BCUT2D eigenvalue weighted by Crippen LogP contribution is 2.29.